The molecule has 4 aromatic rings. The number of nitrogens with zero attached hydrogens (tertiary/aromatic N) is 5. The SMILES string of the molecule is Cc1cccc(C(Nc2c(C)c(C)nc3ncnn23)c2ccccn2)c1. The van der Waals surface area contributed by atoms with Crippen LogP contribution in [-0.4, -0.2) is 24.6 Å². The summed E-state index contributed by atoms with van der Waals surface area (Å²) in [4.78, 5) is 13.3. The molecule has 0 aliphatic rings. The first kappa shape index (κ1) is 16.2. The molecule has 1 N–H and O–H groups in total. The maximum atomic E-state index is 4.58. The molecule has 0 spiro atoms. The van der Waals surface area contributed by atoms with Crippen LogP contribution in [0.25, 0.3) is 5.78 Å². The lowest BCUT2D eigenvalue weighted by atomic mass is 10.0. The maximum Gasteiger partial charge on any atom is 0.254 e. The molecule has 0 aliphatic heterocycles. The molecule has 3 aromatic heterocycles. The van der Waals surface area contributed by atoms with E-state index in [4.69, 9.17) is 0 Å². The lowest BCUT2D eigenvalue weighted by Crippen LogP contribution is -2.18. The van der Waals surface area contributed by atoms with Gasteiger partial charge in [-0.3, -0.25) is 4.98 Å². The number of nitrogens with one attached hydrogen (secondary N) is 1. The van der Waals surface area contributed by atoms with Gasteiger partial charge in [0.1, 0.15) is 12.1 Å². The van der Waals surface area contributed by atoms with Gasteiger partial charge in [0.2, 0.25) is 0 Å². The molecule has 0 bridgehead atoms. The van der Waals surface area contributed by atoms with Crippen LogP contribution in [0.4, 0.5) is 5.82 Å². The third-order valence-corrected chi connectivity index (χ3v) is 4.55. The summed E-state index contributed by atoms with van der Waals surface area (Å²) >= 11 is 0. The van der Waals surface area contributed by atoms with E-state index in [-0.39, 0.29) is 6.04 Å². The molecule has 6 nitrogen and oxygen atoms in total. The molecule has 0 saturated heterocycles. The van der Waals surface area contributed by atoms with Crippen molar-refractivity contribution in [2.45, 2.75) is 26.8 Å². The summed E-state index contributed by atoms with van der Waals surface area (Å²) in [5.74, 6) is 1.46. The van der Waals surface area contributed by atoms with E-state index in [0.717, 1.165) is 28.3 Å². The fourth-order valence-corrected chi connectivity index (χ4v) is 3.06. The molecule has 0 saturated carbocycles. The summed E-state index contributed by atoms with van der Waals surface area (Å²) in [7, 11) is 0. The van der Waals surface area contributed by atoms with Crippen LogP contribution in [0.3, 0.4) is 0 Å². The molecule has 26 heavy (non-hydrogen) atoms. The minimum Gasteiger partial charge on any atom is -0.357 e. The van der Waals surface area contributed by atoms with Gasteiger partial charge in [0.15, 0.2) is 0 Å². The highest BCUT2D eigenvalue weighted by Gasteiger charge is 2.20. The van der Waals surface area contributed by atoms with Gasteiger partial charge in [-0.1, -0.05) is 35.9 Å². The first-order chi connectivity index (χ1) is 12.6. The Kier molecular flexibility index (Phi) is 4.08. The second-order valence-electron chi connectivity index (χ2n) is 6.39. The normalized spacial score (nSPS) is 12.3. The molecule has 3 heterocycles. The smallest absolute Gasteiger partial charge is 0.254 e. The third-order valence-electron chi connectivity index (χ3n) is 4.55. The zero-order valence-electron chi connectivity index (χ0n) is 15.0. The highest BCUT2D eigenvalue weighted by atomic mass is 15.4. The highest BCUT2D eigenvalue weighted by molar-refractivity contribution is 5.54. The van der Waals surface area contributed by atoms with Gasteiger partial charge >= 0.3 is 0 Å². The van der Waals surface area contributed by atoms with Crippen molar-refractivity contribution in [1.82, 2.24) is 24.6 Å². The summed E-state index contributed by atoms with van der Waals surface area (Å²) < 4.78 is 1.74. The van der Waals surface area contributed by atoms with Crippen molar-refractivity contribution in [2.75, 3.05) is 5.32 Å². The van der Waals surface area contributed by atoms with Crippen LogP contribution in [0, 0.1) is 20.8 Å². The van der Waals surface area contributed by atoms with E-state index in [1.165, 1.54) is 11.9 Å². The van der Waals surface area contributed by atoms with Gasteiger partial charge in [0, 0.05) is 17.5 Å². The number of hydrogen-bond acceptors (Lipinski definition) is 5. The van der Waals surface area contributed by atoms with Gasteiger partial charge in [0.25, 0.3) is 5.78 Å². The summed E-state index contributed by atoms with van der Waals surface area (Å²) in [5, 5.41) is 7.97. The minimum atomic E-state index is -0.107. The van der Waals surface area contributed by atoms with E-state index in [1.54, 1.807) is 4.52 Å². The second kappa shape index (κ2) is 6.55. The van der Waals surface area contributed by atoms with Gasteiger partial charge in [-0.15, -0.1) is 0 Å². The van der Waals surface area contributed by atoms with Crippen molar-refractivity contribution in [1.29, 1.82) is 0 Å². The van der Waals surface area contributed by atoms with Crippen LogP contribution in [0.15, 0.2) is 55.0 Å². The summed E-state index contributed by atoms with van der Waals surface area (Å²) in [6, 6.07) is 14.3. The molecular weight excluding hydrogens is 324 g/mol. The van der Waals surface area contributed by atoms with Gasteiger partial charge in [0.05, 0.1) is 11.7 Å². The van der Waals surface area contributed by atoms with Crippen molar-refractivity contribution in [3.8, 4) is 0 Å². The van der Waals surface area contributed by atoms with Crippen molar-refractivity contribution >= 4 is 11.6 Å². The van der Waals surface area contributed by atoms with Gasteiger partial charge < -0.3 is 5.32 Å². The number of fused-ring (bicyclic) bond motifs is 1. The number of benzene rings is 1. The lowest BCUT2D eigenvalue weighted by Gasteiger charge is -2.22. The maximum absolute atomic E-state index is 4.58. The predicted octanol–water partition coefficient (Wildman–Crippen LogP) is 3.65. The molecule has 0 radical (unpaired) electrons. The van der Waals surface area contributed by atoms with Crippen molar-refractivity contribution < 1.29 is 0 Å². The zero-order chi connectivity index (χ0) is 18.1. The van der Waals surface area contributed by atoms with Crippen molar-refractivity contribution in [3.63, 3.8) is 0 Å². The highest BCUT2D eigenvalue weighted by Crippen LogP contribution is 2.28. The van der Waals surface area contributed by atoms with Crippen LogP contribution < -0.4 is 5.32 Å². The molecule has 130 valence electrons. The number of aromatic nitrogens is 5. The Labute approximate surface area is 152 Å². The number of anilines is 1. The average molecular weight is 344 g/mol. The number of pyridine rings is 1. The van der Waals surface area contributed by atoms with Gasteiger partial charge in [-0.25, -0.2) is 4.98 Å². The fraction of sp³-hybridized carbons (Fsp3) is 0.200. The molecule has 1 atom stereocenters. The van der Waals surface area contributed by atoms with Crippen LogP contribution in [0.5, 0.6) is 0 Å². The molecule has 1 aromatic carbocycles. The Bertz CT molecular complexity index is 1050. The lowest BCUT2D eigenvalue weighted by molar-refractivity contribution is 0.835. The molecule has 4 rings (SSSR count). The van der Waals surface area contributed by atoms with Crippen LogP contribution in [0.1, 0.15) is 34.1 Å². The van der Waals surface area contributed by atoms with Gasteiger partial charge in [-0.05, 0) is 38.5 Å². The first-order valence-corrected chi connectivity index (χ1v) is 8.54. The van der Waals surface area contributed by atoms with E-state index in [2.05, 4.69) is 56.6 Å². The van der Waals surface area contributed by atoms with E-state index in [0.29, 0.717) is 5.78 Å². The Morgan fingerprint density at radius 3 is 2.65 bits per heavy atom. The Morgan fingerprint density at radius 1 is 1.00 bits per heavy atom. The van der Waals surface area contributed by atoms with Crippen LogP contribution in [-0.2, 0) is 0 Å². The van der Waals surface area contributed by atoms with E-state index in [9.17, 15) is 0 Å². The Morgan fingerprint density at radius 2 is 1.88 bits per heavy atom. The van der Waals surface area contributed by atoms with Crippen LogP contribution in [0.2, 0.25) is 0 Å². The minimum absolute atomic E-state index is 0.107. The molecule has 1 unspecified atom stereocenters. The molecule has 0 amide bonds. The quantitative estimate of drug-likeness (QED) is 0.612. The van der Waals surface area contributed by atoms with E-state index >= 15 is 0 Å². The Hall–Kier alpha value is -3.28. The standard InChI is InChI=1S/C20H20N6/c1-13-7-6-8-16(11-13)18(17-9-4-5-10-21-17)25-19-14(2)15(3)24-20-22-12-23-26(19)20/h4-12,18,25H,1-3H3. The molecular formula is C20H20N6. The van der Waals surface area contributed by atoms with Crippen molar-refractivity contribution in [3.05, 3.63) is 83.1 Å². The number of hydrogen-bond donors (Lipinski definition) is 1. The van der Waals surface area contributed by atoms with Crippen molar-refractivity contribution in [2.24, 2.45) is 0 Å². The summed E-state index contributed by atoms with van der Waals surface area (Å²) in [5.41, 5.74) is 5.26. The second-order valence-corrected chi connectivity index (χ2v) is 6.39. The number of aryl methyl sites for hydroxylation is 2. The zero-order valence-corrected chi connectivity index (χ0v) is 15.0. The van der Waals surface area contributed by atoms with E-state index < -0.39 is 0 Å². The Balaban J connectivity index is 1.86. The summed E-state index contributed by atoms with van der Waals surface area (Å²) in [6.07, 6.45) is 3.34. The monoisotopic (exact) mass is 344 g/mol. The fourth-order valence-electron chi connectivity index (χ4n) is 3.06. The summed E-state index contributed by atoms with van der Waals surface area (Å²) in [6.45, 7) is 6.12. The third kappa shape index (κ3) is 2.90. The topological polar surface area (TPSA) is 68.0 Å². The first-order valence-electron chi connectivity index (χ1n) is 8.54. The molecule has 0 aliphatic carbocycles. The van der Waals surface area contributed by atoms with E-state index in [1.807, 2.05) is 38.2 Å². The van der Waals surface area contributed by atoms with Crippen LogP contribution >= 0.6 is 0 Å². The number of rotatable bonds is 4. The molecule has 0 fully saturated rings. The van der Waals surface area contributed by atoms with Gasteiger partial charge in [-0.2, -0.15) is 14.6 Å². The average Bonchev–Trinajstić information content (AvgIpc) is 3.11. The predicted molar refractivity (Wildman–Crippen MR) is 101 cm³/mol. The largest absolute Gasteiger partial charge is 0.357 e. The molecule has 6 heteroatoms.